The Kier molecular flexibility index (Phi) is 1.59. The lowest BCUT2D eigenvalue weighted by atomic mass is 10.0. The Morgan fingerprint density at radius 3 is 2.40 bits per heavy atom. The van der Waals surface area contributed by atoms with Crippen molar-refractivity contribution in [3.8, 4) is 0 Å². The quantitative estimate of drug-likeness (QED) is 0.641. The molecule has 3 aliphatic carbocycles. The Bertz CT molecular complexity index is 304. The van der Waals surface area contributed by atoms with Crippen molar-refractivity contribution in [1.82, 2.24) is 4.90 Å². The van der Waals surface area contributed by atoms with Crippen LogP contribution in [0.25, 0.3) is 0 Å². The largest absolute Gasteiger partial charge is 0.339 e. The second kappa shape index (κ2) is 2.78. The number of amides is 1. The predicted octanol–water partition coefficient (Wildman–Crippen LogP) is 2.04. The molecule has 15 heavy (non-hydrogen) atoms. The molecule has 1 aliphatic heterocycles. The van der Waals surface area contributed by atoms with Crippen LogP contribution < -0.4 is 0 Å². The summed E-state index contributed by atoms with van der Waals surface area (Å²) in [5, 5.41) is 0. The number of fused-ring (bicyclic) bond motifs is 3. The predicted molar refractivity (Wildman–Crippen MR) is 57.2 cm³/mol. The summed E-state index contributed by atoms with van der Waals surface area (Å²) in [6.45, 7) is 1.09. The summed E-state index contributed by atoms with van der Waals surface area (Å²) in [5.74, 6) is 3.69. The zero-order valence-corrected chi connectivity index (χ0v) is 9.19. The van der Waals surface area contributed by atoms with E-state index < -0.39 is 0 Å². The molecule has 0 aromatic rings. The van der Waals surface area contributed by atoms with Gasteiger partial charge in [-0.3, -0.25) is 4.79 Å². The van der Waals surface area contributed by atoms with Gasteiger partial charge in [-0.15, -0.1) is 0 Å². The van der Waals surface area contributed by atoms with E-state index >= 15 is 0 Å². The minimum absolute atomic E-state index is 0.424. The maximum absolute atomic E-state index is 12.3. The fraction of sp³-hybridized carbons (Fsp3) is 0.923. The molecule has 2 heteroatoms. The molecular weight excluding hydrogens is 186 g/mol. The molecule has 1 heterocycles. The Balaban J connectivity index is 1.46. The van der Waals surface area contributed by atoms with Gasteiger partial charge >= 0.3 is 0 Å². The summed E-state index contributed by atoms with van der Waals surface area (Å²) in [6.07, 6.45) is 7.84. The molecule has 2 nitrogen and oxygen atoms in total. The lowest BCUT2D eigenvalue weighted by Crippen LogP contribution is -2.41. The normalized spacial score (nSPS) is 50.9. The molecule has 4 fully saturated rings. The van der Waals surface area contributed by atoms with Crippen LogP contribution in [0.15, 0.2) is 0 Å². The van der Waals surface area contributed by atoms with Crippen molar-refractivity contribution in [2.24, 2.45) is 23.7 Å². The highest BCUT2D eigenvalue weighted by molar-refractivity contribution is 5.80. The van der Waals surface area contributed by atoms with Gasteiger partial charge in [-0.1, -0.05) is 0 Å². The van der Waals surface area contributed by atoms with Gasteiger partial charge in [-0.2, -0.15) is 0 Å². The first kappa shape index (κ1) is 8.60. The molecule has 2 bridgehead atoms. The smallest absolute Gasteiger partial charge is 0.225 e. The lowest BCUT2D eigenvalue weighted by Gasteiger charge is -2.29. The molecule has 3 saturated carbocycles. The van der Waals surface area contributed by atoms with Gasteiger partial charge in [0.05, 0.1) is 0 Å². The Morgan fingerprint density at radius 1 is 1.00 bits per heavy atom. The molecule has 0 radical (unpaired) electrons. The van der Waals surface area contributed by atoms with Gasteiger partial charge in [0.15, 0.2) is 0 Å². The van der Waals surface area contributed by atoms with Gasteiger partial charge in [-0.05, 0) is 56.3 Å². The molecule has 4 unspecified atom stereocenters. The van der Waals surface area contributed by atoms with E-state index in [2.05, 4.69) is 4.90 Å². The Labute approximate surface area is 91.0 Å². The van der Waals surface area contributed by atoms with Crippen molar-refractivity contribution in [1.29, 1.82) is 0 Å². The van der Waals surface area contributed by atoms with E-state index in [4.69, 9.17) is 0 Å². The fourth-order valence-electron chi connectivity index (χ4n) is 4.35. The SMILES string of the molecule is O=C(C1CC2CC2C1)N1CC2CCC1C2. The molecule has 4 rings (SSSR count). The fourth-order valence-corrected chi connectivity index (χ4v) is 4.35. The highest BCUT2D eigenvalue weighted by Crippen LogP contribution is 2.55. The zero-order valence-electron chi connectivity index (χ0n) is 9.19. The third-order valence-corrected chi connectivity index (χ3v) is 5.29. The molecule has 0 aromatic carbocycles. The van der Waals surface area contributed by atoms with Crippen molar-refractivity contribution in [3.05, 3.63) is 0 Å². The van der Waals surface area contributed by atoms with Crippen LogP contribution in [-0.4, -0.2) is 23.4 Å². The number of rotatable bonds is 1. The maximum Gasteiger partial charge on any atom is 0.225 e. The van der Waals surface area contributed by atoms with Crippen LogP contribution in [-0.2, 0) is 4.79 Å². The number of likely N-dealkylation sites (tertiary alicyclic amines) is 1. The van der Waals surface area contributed by atoms with Crippen LogP contribution in [0.3, 0.4) is 0 Å². The number of carbonyl (C=O) groups excluding carboxylic acids is 1. The molecule has 0 spiro atoms. The summed E-state index contributed by atoms with van der Waals surface area (Å²) < 4.78 is 0. The van der Waals surface area contributed by atoms with Gasteiger partial charge in [0, 0.05) is 18.5 Å². The first-order chi connectivity index (χ1) is 7.31. The lowest BCUT2D eigenvalue weighted by molar-refractivity contribution is -0.137. The number of carbonyl (C=O) groups is 1. The molecule has 1 saturated heterocycles. The summed E-state index contributed by atoms with van der Waals surface area (Å²) in [5.41, 5.74) is 0. The standard InChI is InChI=1S/C13H19NO/c15-13(11-5-9-4-10(9)6-11)14-7-8-1-2-12(14)3-8/h8-12H,1-7H2. The highest BCUT2D eigenvalue weighted by atomic mass is 16.2. The molecule has 4 atom stereocenters. The van der Waals surface area contributed by atoms with E-state index in [1.165, 1.54) is 38.5 Å². The number of nitrogens with zero attached hydrogens (tertiary/aromatic N) is 1. The molecule has 0 N–H and O–H groups in total. The van der Waals surface area contributed by atoms with Crippen LogP contribution in [0.4, 0.5) is 0 Å². The maximum atomic E-state index is 12.3. The summed E-state index contributed by atoms with van der Waals surface area (Å²) >= 11 is 0. The van der Waals surface area contributed by atoms with E-state index in [0.29, 0.717) is 17.9 Å². The number of hydrogen-bond donors (Lipinski definition) is 0. The van der Waals surface area contributed by atoms with E-state index in [1.54, 1.807) is 0 Å². The minimum atomic E-state index is 0.424. The minimum Gasteiger partial charge on any atom is -0.339 e. The summed E-state index contributed by atoms with van der Waals surface area (Å²) in [6, 6.07) is 0.638. The average molecular weight is 205 g/mol. The van der Waals surface area contributed by atoms with Crippen molar-refractivity contribution >= 4 is 5.91 Å². The van der Waals surface area contributed by atoms with Crippen molar-refractivity contribution in [2.45, 2.75) is 44.6 Å². The van der Waals surface area contributed by atoms with Crippen LogP contribution in [0, 0.1) is 23.7 Å². The van der Waals surface area contributed by atoms with Gasteiger partial charge in [0.1, 0.15) is 0 Å². The van der Waals surface area contributed by atoms with Crippen molar-refractivity contribution in [2.75, 3.05) is 6.54 Å². The zero-order chi connectivity index (χ0) is 9.99. The highest BCUT2D eigenvalue weighted by Gasteiger charge is 2.50. The average Bonchev–Trinajstić information content (AvgIpc) is 2.74. The Hall–Kier alpha value is -0.530. The molecule has 82 valence electrons. The van der Waals surface area contributed by atoms with Crippen LogP contribution in [0.2, 0.25) is 0 Å². The molecule has 4 aliphatic rings. The first-order valence-electron chi connectivity index (χ1n) is 6.61. The van der Waals surface area contributed by atoms with E-state index in [-0.39, 0.29) is 0 Å². The second-order valence-electron chi connectivity index (χ2n) is 6.25. The van der Waals surface area contributed by atoms with Crippen molar-refractivity contribution < 1.29 is 4.79 Å². The monoisotopic (exact) mass is 205 g/mol. The van der Waals surface area contributed by atoms with Gasteiger partial charge in [0.25, 0.3) is 0 Å². The van der Waals surface area contributed by atoms with Crippen molar-refractivity contribution in [3.63, 3.8) is 0 Å². The van der Waals surface area contributed by atoms with E-state index in [1.807, 2.05) is 0 Å². The summed E-state index contributed by atoms with van der Waals surface area (Å²) in [4.78, 5) is 14.6. The Morgan fingerprint density at radius 2 is 1.80 bits per heavy atom. The molecule has 1 amide bonds. The topological polar surface area (TPSA) is 20.3 Å². The third kappa shape index (κ3) is 1.20. The van der Waals surface area contributed by atoms with Gasteiger partial charge < -0.3 is 4.90 Å². The van der Waals surface area contributed by atoms with Crippen LogP contribution >= 0.6 is 0 Å². The molecular formula is C13H19NO. The number of piperidine rings is 1. The molecule has 0 aromatic heterocycles. The first-order valence-corrected chi connectivity index (χ1v) is 6.61. The third-order valence-electron chi connectivity index (χ3n) is 5.29. The van der Waals surface area contributed by atoms with Gasteiger partial charge in [0.2, 0.25) is 5.91 Å². The van der Waals surface area contributed by atoms with E-state index in [0.717, 1.165) is 24.3 Å². The second-order valence-corrected chi connectivity index (χ2v) is 6.25. The number of hydrogen-bond acceptors (Lipinski definition) is 1. The van der Waals surface area contributed by atoms with Crippen LogP contribution in [0.1, 0.15) is 38.5 Å². The van der Waals surface area contributed by atoms with Crippen LogP contribution in [0.5, 0.6) is 0 Å². The van der Waals surface area contributed by atoms with E-state index in [9.17, 15) is 4.79 Å². The van der Waals surface area contributed by atoms with Gasteiger partial charge in [-0.25, -0.2) is 0 Å². The summed E-state index contributed by atoms with van der Waals surface area (Å²) in [7, 11) is 0.